The van der Waals surface area contributed by atoms with Gasteiger partial charge in [-0.25, -0.2) is 0 Å². The van der Waals surface area contributed by atoms with Crippen LogP contribution in [0.4, 0.5) is 0 Å². The van der Waals surface area contributed by atoms with Crippen molar-refractivity contribution in [1.29, 1.82) is 0 Å². The van der Waals surface area contributed by atoms with Gasteiger partial charge in [0.15, 0.2) is 0 Å². The van der Waals surface area contributed by atoms with Gasteiger partial charge < -0.3 is 15.5 Å². The molecule has 1 saturated carbocycles. The zero-order valence-electron chi connectivity index (χ0n) is 11.7. The number of carbonyl (C=O) groups is 2. The van der Waals surface area contributed by atoms with E-state index in [4.69, 9.17) is 0 Å². The number of nitrogens with one attached hydrogen (secondary N) is 1. The van der Waals surface area contributed by atoms with Crippen molar-refractivity contribution in [1.82, 2.24) is 5.32 Å². The van der Waals surface area contributed by atoms with Crippen LogP contribution in [0, 0.1) is 23.7 Å². The molecule has 3 N–H and O–H groups in total. The van der Waals surface area contributed by atoms with Gasteiger partial charge in [0.1, 0.15) is 0 Å². The molecular weight excluding hydrogens is 278 g/mol. The van der Waals surface area contributed by atoms with Crippen molar-refractivity contribution < 1.29 is 19.8 Å². The van der Waals surface area contributed by atoms with Gasteiger partial charge in [0.25, 0.3) is 0 Å². The summed E-state index contributed by atoms with van der Waals surface area (Å²) in [6.45, 7) is 1.83. The first-order valence-electron chi connectivity index (χ1n) is 6.84. The summed E-state index contributed by atoms with van der Waals surface area (Å²) in [5.41, 5.74) is 0. The van der Waals surface area contributed by atoms with Gasteiger partial charge in [-0.3, -0.25) is 9.59 Å². The molecule has 0 aromatic heterocycles. The van der Waals surface area contributed by atoms with E-state index >= 15 is 0 Å². The molecule has 5 nitrogen and oxygen atoms in total. The Bertz CT molecular complexity index is 421. The minimum atomic E-state index is -0.891. The maximum Gasteiger partial charge on any atom is 0.307 e. The van der Waals surface area contributed by atoms with Crippen molar-refractivity contribution in [3.8, 4) is 0 Å². The van der Waals surface area contributed by atoms with Crippen molar-refractivity contribution in [2.24, 2.45) is 23.7 Å². The summed E-state index contributed by atoms with van der Waals surface area (Å²) in [6, 6.07) is -0.181. The smallest absolute Gasteiger partial charge is 0.307 e. The van der Waals surface area contributed by atoms with Crippen molar-refractivity contribution >= 4 is 23.6 Å². The number of thioether (sulfide) groups is 1. The van der Waals surface area contributed by atoms with Crippen LogP contribution in [0.15, 0.2) is 12.2 Å². The number of aliphatic hydroxyl groups excluding tert-OH is 1. The molecule has 2 aliphatic rings. The van der Waals surface area contributed by atoms with Crippen LogP contribution in [0.3, 0.4) is 0 Å². The van der Waals surface area contributed by atoms with Gasteiger partial charge >= 0.3 is 5.97 Å². The summed E-state index contributed by atoms with van der Waals surface area (Å²) in [5.74, 6) is -2.16. The average molecular weight is 299 g/mol. The Kier molecular flexibility index (Phi) is 4.75. The molecule has 112 valence electrons. The van der Waals surface area contributed by atoms with Crippen molar-refractivity contribution in [3.05, 3.63) is 12.2 Å². The van der Waals surface area contributed by atoms with Gasteiger partial charge in [0.2, 0.25) is 5.91 Å². The molecule has 6 unspecified atom stereocenters. The SMILES string of the molecule is CSC(CO)C(C)NC(=O)C1C2C=CC(C2)C1C(=O)O. The lowest BCUT2D eigenvalue weighted by molar-refractivity contribution is -0.148. The van der Waals surface area contributed by atoms with E-state index in [2.05, 4.69) is 5.32 Å². The van der Waals surface area contributed by atoms with Crippen molar-refractivity contribution in [3.63, 3.8) is 0 Å². The Labute approximate surface area is 122 Å². The van der Waals surface area contributed by atoms with Crippen LogP contribution in [0.1, 0.15) is 13.3 Å². The van der Waals surface area contributed by atoms with E-state index in [1.165, 1.54) is 11.8 Å². The van der Waals surface area contributed by atoms with Gasteiger partial charge in [-0.1, -0.05) is 12.2 Å². The molecule has 6 heteroatoms. The molecule has 0 heterocycles. The Hall–Kier alpha value is -1.01. The van der Waals surface area contributed by atoms with Gasteiger partial charge in [0.05, 0.1) is 18.4 Å². The van der Waals surface area contributed by atoms with E-state index in [0.717, 1.165) is 6.42 Å². The zero-order valence-corrected chi connectivity index (χ0v) is 12.5. The van der Waals surface area contributed by atoms with Crippen LogP contribution in [0.25, 0.3) is 0 Å². The molecule has 6 atom stereocenters. The number of hydrogen-bond acceptors (Lipinski definition) is 4. The topological polar surface area (TPSA) is 86.6 Å². The predicted molar refractivity (Wildman–Crippen MR) is 77.3 cm³/mol. The number of aliphatic carboxylic acids is 1. The summed E-state index contributed by atoms with van der Waals surface area (Å²) in [6.07, 6.45) is 6.53. The Balaban J connectivity index is 2.05. The molecule has 2 rings (SSSR count). The molecule has 0 radical (unpaired) electrons. The van der Waals surface area contributed by atoms with E-state index in [9.17, 15) is 19.8 Å². The lowest BCUT2D eigenvalue weighted by Crippen LogP contribution is -2.47. The first-order chi connectivity index (χ1) is 9.49. The molecule has 0 aromatic rings. The highest BCUT2D eigenvalue weighted by Gasteiger charge is 2.51. The second-order valence-electron chi connectivity index (χ2n) is 5.59. The van der Waals surface area contributed by atoms with Gasteiger partial charge in [0, 0.05) is 11.3 Å². The average Bonchev–Trinajstić information content (AvgIpc) is 2.99. The number of amides is 1. The summed E-state index contributed by atoms with van der Waals surface area (Å²) in [5, 5.41) is 21.4. The number of hydrogen-bond donors (Lipinski definition) is 3. The number of carbonyl (C=O) groups excluding carboxylic acids is 1. The maximum atomic E-state index is 12.4. The molecule has 0 aromatic carbocycles. The molecule has 2 aliphatic carbocycles. The van der Waals surface area contributed by atoms with Crippen LogP contribution < -0.4 is 5.32 Å². The van der Waals surface area contributed by atoms with Crippen LogP contribution >= 0.6 is 11.8 Å². The van der Waals surface area contributed by atoms with E-state index in [1.54, 1.807) is 0 Å². The quantitative estimate of drug-likeness (QED) is 0.630. The first-order valence-corrected chi connectivity index (χ1v) is 8.13. The van der Waals surface area contributed by atoms with Gasteiger partial charge in [-0.15, -0.1) is 0 Å². The van der Waals surface area contributed by atoms with Crippen LogP contribution in [-0.4, -0.2) is 46.2 Å². The third-order valence-electron chi connectivity index (χ3n) is 4.46. The number of aliphatic hydroxyl groups is 1. The maximum absolute atomic E-state index is 12.4. The molecule has 0 aliphatic heterocycles. The fourth-order valence-corrected chi connectivity index (χ4v) is 3.99. The largest absolute Gasteiger partial charge is 0.481 e. The molecule has 2 bridgehead atoms. The summed E-state index contributed by atoms with van der Waals surface area (Å²) >= 11 is 1.49. The Morgan fingerprint density at radius 3 is 2.45 bits per heavy atom. The lowest BCUT2D eigenvalue weighted by Gasteiger charge is -2.28. The number of carboxylic acids is 1. The molecular formula is C14H21NO4S. The molecule has 20 heavy (non-hydrogen) atoms. The standard InChI is InChI=1S/C14H21NO4S/c1-7(10(6-16)20-2)15-13(17)11-8-3-4-9(5-8)12(11)14(18)19/h3-4,7-12,16H,5-6H2,1-2H3,(H,15,17)(H,18,19). The molecule has 1 amide bonds. The normalized spacial score (nSPS) is 34.0. The Morgan fingerprint density at radius 2 is 1.95 bits per heavy atom. The Morgan fingerprint density at radius 1 is 1.35 bits per heavy atom. The second-order valence-corrected chi connectivity index (χ2v) is 6.67. The zero-order chi connectivity index (χ0) is 14.9. The fraction of sp³-hybridized carbons (Fsp3) is 0.714. The third kappa shape index (κ3) is 2.72. The van der Waals surface area contributed by atoms with Gasteiger partial charge in [-0.05, 0) is 31.4 Å². The lowest BCUT2D eigenvalue weighted by atomic mass is 9.82. The predicted octanol–water partition coefficient (Wildman–Crippen LogP) is 0.738. The number of fused-ring (bicyclic) bond motifs is 2. The fourth-order valence-electron chi connectivity index (χ4n) is 3.37. The van der Waals surface area contributed by atoms with Gasteiger partial charge in [-0.2, -0.15) is 11.8 Å². The highest BCUT2D eigenvalue weighted by Crippen LogP contribution is 2.48. The third-order valence-corrected chi connectivity index (χ3v) is 5.62. The minimum absolute atomic E-state index is 0.0123. The molecule has 0 spiro atoms. The van der Waals surface area contributed by atoms with Crippen LogP contribution in [0.2, 0.25) is 0 Å². The molecule has 1 fully saturated rings. The van der Waals surface area contributed by atoms with E-state index in [0.29, 0.717) is 0 Å². The molecule has 0 saturated heterocycles. The van der Waals surface area contributed by atoms with Crippen molar-refractivity contribution in [2.75, 3.05) is 12.9 Å². The number of rotatable bonds is 6. The minimum Gasteiger partial charge on any atom is -0.481 e. The monoisotopic (exact) mass is 299 g/mol. The second kappa shape index (κ2) is 6.18. The highest BCUT2D eigenvalue weighted by atomic mass is 32.2. The first kappa shape index (κ1) is 15.4. The highest BCUT2D eigenvalue weighted by molar-refractivity contribution is 7.99. The summed E-state index contributed by atoms with van der Waals surface area (Å²) in [7, 11) is 0. The van der Waals surface area contributed by atoms with E-state index < -0.39 is 17.8 Å². The van der Waals surface area contributed by atoms with E-state index in [-0.39, 0.29) is 35.6 Å². The summed E-state index contributed by atoms with van der Waals surface area (Å²) < 4.78 is 0. The van der Waals surface area contributed by atoms with Crippen molar-refractivity contribution in [2.45, 2.75) is 24.6 Å². The van der Waals surface area contributed by atoms with Crippen LogP contribution in [-0.2, 0) is 9.59 Å². The number of allylic oxidation sites excluding steroid dienone is 2. The number of carboxylic acid groups (broad SMARTS) is 1. The van der Waals surface area contributed by atoms with Crippen LogP contribution in [0.5, 0.6) is 0 Å². The van der Waals surface area contributed by atoms with E-state index in [1.807, 2.05) is 25.3 Å². The summed E-state index contributed by atoms with van der Waals surface area (Å²) in [4.78, 5) is 23.8.